The normalized spacial score (nSPS) is 10.3. The van der Waals surface area contributed by atoms with Crippen molar-refractivity contribution in [3.63, 3.8) is 0 Å². The minimum atomic E-state index is -0.533. The number of nitrogens with zero attached hydrogens (tertiary/aromatic N) is 1. The van der Waals surface area contributed by atoms with Gasteiger partial charge in [-0.25, -0.2) is 0 Å². The van der Waals surface area contributed by atoms with E-state index in [4.69, 9.17) is 11.6 Å². The van der Waals surface area contributed by atoms with E-state index in [1.54, 1.807) is 0 Å². The molecule has 1 amide bonds. The lowest BCUT2D eigenvalue weighted by atomic mass is 10.0. The second-order valence-corrected chi connectivity index (χ2v) is 6.12. The lowest BCUT2D eigenvalue weighted by molar-refractivity contribution is -0.384. The number of amides is 1. The molecular formula is C20H15ClN2O3. The van der Waals surface area contributed by atoms with Gasteiger partial charge >= 0.3 is 0 Å². The number of non-ortho nitro benzene ring substituents is 1. The second kappa shape index (κ2) is 7.80. The van der Waals surface area contributed by atoms with E-state index in [1.807, 2.05) is 54.6 Å². The van der Waals surface area contributed by atoms with Crippen LogP contribution in [0.3, 0.4) is 0 Å². The molecule has 0 saturated heterocycles. The average molecular weight is 367 g/mol. The molecule has 5 nitrogen and oxygen atoms in total. The van der Waals surface area contributed by atoms with Crippen molar-refractivity contribution in [3.8, 4) is 11.1 Å². The number of anilines is 1. The van der Waals surface area contributed by atoms with Gasteiger partial charge in [-0.3, -0.25) is 14.9 Å². The van der Waals surface area contributed by atoms with Crippen molar-refractivity contribution in [2.24, 2.45) is 0 Å². The third-order valence-electron chi connectivity index (χ3n) is 3.86. The first-order valence-corrected chi connectivity index (χ1v) is 8.29. The minimum absolute atomic E-state index is 0.128. The van der Waals surface area contributed by atoms with Gasteiger partial charge in [-0.05, 0) is 22.8 Å². The Bertz CT molecular complexity index is 941. The van der Waals surface area contributed by atoms with Crippen molar-refractivity contribution < 1.29 is 9.72 Å². The Balaban J connectivity index is 1.69. The van der Waals surface area contributed by atoms with E-state index < -0.39 is 4.92 Å². The molecule has 0 radical (unpaired) electrons. The maximum absolute atomic E-state index is 12.2. The monoisotopic (exact) mass is 366 g/mol. The number of nitro groups is 1. The zero-order chi connectivity index (χ0) is 18.5. The molecule has 130 valence electrons. The van der Waals surface area contributed by atoms with Gasteiger partial charge in [0.05, 0.1) is 22.1 Å². The molecular weight excluding hydrogens is 352 g/mol. The Morgan fingerprint density at radius 3 is 2.27 bits per heavy atom. The molecule has 0 heterocycles. The lowest BCUT2D eigenvalue weighted by Crippen LogP contribution is -2.14. The molecule has 0 bridgehead atoms. The molecule has 3 aromatic rings. The predicted octanol–water partition coefficient (Wildman–Crippen LogP) is 5.10. The Labute approximate surface area is 155 Å². The summed E-state index contributed by atoms with van der Waals surface area (Å²) in [7, 11) is 0. The molecule has 0 aliphatic carbocycles. The number of nitro benzene ring substituents is 1. The van der Waals surface area contributed by atoms with Gasteiger partial charge in [0.25, 0.3) is 5.69 Å². The minimum Gasteiger partial charge on any atom is -0.324 e. The van der Waals surface area contributed by atoms with Crippen LogP contribution in [0.1, 0.15) is 5.56 Å². The average Bonchev–Trinajstić information content (AvgIpc) is 2.64. The van der Waals surface area contributed by atoms with Gasteiger partial charge in [0.15, 0.2) is 0 Å². The van der Waals surface area contributed by atoms with Gasteiger partial charge in [0, 0.05) is 12.1 Å². The van der Waals surface area contributed by atoms with E-state index in [1.165, 1.54) is 18.2 Å². The molecule has 26 heavy (non-hydrogen) atoms. The first-order chi connectivity index (χ1) is 12.5. The molecule has 3 aromatic carbocycles. The summed E-state index contributed by atoms with van der Waals surface area (Å²) < 4.78 is 0. The number of carbonyl (C=O) groups is 1. The molecule has 0 saturated carbocycles. The summed E-state index contributed by atoms with van der Waals surface area (Å²) in [5, 5.41) is 13.7. The summed E-state index contributed by atoms with van der Waals surface area (Å²) in [6.07, 6.45) is 0.147. The van der Waals surface area contributed by atoms with Gasteiger partial charge in [-0.15, -0.1) is 0 Å². The summed E-state index contributed by atoms with van der Waals surface area (Å²) in [6.45, 7) is 0. The summed E-state index contributed by atoms with van der Waals surface area (Å²) in [6, 6.07) is 21.6. The zero-order valence-corrected chi connectivity index (χ0v) is 14.4. The first-order valence-electron chi connectivity index (χ1n) is 7.91. The van der Waals surface area contributed by atoms with Crippen molar-refractivity contribution in [2.45, 2.75) is 6.42 Å². The van der Waals surface area contributed by atoms with E-state index in [0.717, 1.165) is 16.7 Å². The van der Waals surface area contributed by atoms with Crippen LogP contribution in [-0.4, -0.2) is 10.8 Å². The molecule has 0 fully saturated rings. The van der Waals surface area contributed by atoms with Crippen LogP contribution in [0.4, 0.5) is 11.4 Å². The lowest BCUT2D eigenvalue weighted by Gasteiger charge is -2.08. The fourth-order valence-electron chi connectivity index (χ4n) is 2.55. The Hall–Kier alpha value is -3.18. The number of hydrogen-bond acceptors (Lipinski definition) is 3. The van der Waals surface area contributed by atoms with Gasteiger partial charge in [0.2, 0.25) is 5.91 Å². The van der Waals surface area contributed by atoms with Crippen LogP contribution in [0.5, 0.6) is 0 Å². The number of nitrogens with one attached hydrogen (secondary N) is 1. The molecule has 0 aliphatic rings. The second-order valence-electron chi connectivity index (χ2n) is 5.71. The molecule has 0 spiro atoms. The molecule has 0 unspecified atom stereocenters. The van der Waals surface area contributed by atoms with Gasteiger partial charge in [-0.1, -0.05) is 66.2 Å². The standard InChI is InChI=1S/C20H15ClN2O3/c21-18-11-10-17(23(25)26)13-19(18)22-20(24)12-14-6-8-16(9-7-14)15-4-2-1-3-5-15/h1-11,13H,12H2,(H,22,24). The highest BCUT2D eigenvalue weighted by atomic mass is 35.5. The van der Waals surface area contributed by atoms with Crippen LogP contribution in [0, 0.1) is 10.1 Å². The highest BCUT2D eigenvalue weighted by Crippen LogP contribution is 2.27. The Morgan fingerprint density at radius 1 is 0.962 bits per heavy atom. The van der Waals surface area contributed by atoms with Crippen LogP contribution in [0.25, 0.3) is 11.1 Å². The number of rotatable bonds is 5. The van der Waals surface area contributed by atoms with Crippen molar-refractivity contribution >= 4 is 28.9 Å². The summed E-state index contributed by atoms with van der Waals surface area (Å²) >= 11 is 6.00. The molecule has 3 rings (SSSR count). The SMILES string of the molecule is O=C(Cc1ccc(-c2ccccc2)cc1)Nc1cc([N+](=O)[O-])ccc1Cl. The summed E-state index contributed by atoms with van der Waals surface area (Å²) in [5.74, 6) is -0.292. The topological polar surface area (TPSA) is 72.2 Å². The summed E-state index contributed by atoms with van der Waals surface area (Å²) in [5.41, 5.74) is 3.11. The maximum Gasteiger partial charge on any atom is 0.271 e. The first kappa shape index (κ1) is 17.6. The van der Waals surface area contributed by atoms with Crippen molar-refractivity contribution in [1.29, 1.82) is 0 Å². The van der Waals surface area contributed by atoms with Crippen molar-refractivity contribution in [2.75, 3.05) is 5.32 Å². The molecule has 6 heteroatoms. The van der Waals surface area contributed by atoms with Crippen LogP contribution in [0.2, 0.25) is 5.02 Å². The highest BCUT2D eigenvalue weighted by Gasteiger charge is 2.12. The van der Waals surface area contributed by atoms with Gasteiger partial charge < -0.3 is 5.32 Å². The van der Waals surface area contributed by atoms with E-state index in [-0.39, 0.29) is 28.7 Å². The smallest absolute Gasteiger partial charge is 0.271 e. The molecule has 1 N–H and O–H groups in total. The van der Waals surface area contributed by atoms with Crippen LogP contribution in [0.15, 0.2) is 72.8 Å². The number of carbonyl (C=O) groups excluding carboxylic acids is 1. The Kier molecular flexibility index (Phi) is 5.29. The maximum atomic E-state index is 12.2. The quantitative estimate of drug-likeness (QED) is 0.504. The Morgan fingerprint density at radius 2 is 1.62 bits per heavy atom. The molecule has 0 aliphatic heterocycles. The van der Waals surface area contributed by atoms with Crippen LogP contribution in [-0.2, 0) is 11.2 Å². The molecule has 0 aromatic heterocycles. The number of hydrogen-bond donors (Lipinski definition) is 1. The fourth-order valence-corrected chi connectivity index (χ4v) is 2.71. The summed E-state index contributed by atoms with van der Waals surface area (Å²) in [4.78, 5) is 22.5. The largest absolute Gasteiger partial charge is 0.324 e. The van der Waals surface area contributed by atoms with Crippen molar-refractivity contribution in [3.05, 3.63) is 93.5 Å². The van der Waals surface area contributed by atoms with Gasteiger partial charge in [0.1, 0.15) is 0 Å². The zero-order valence-electron chi connectivity index (χ0n) is 13.7. The van der Waals surface area contributed by atoms with E-state index in [2.05, 4.69) is 5.32 Å². The van der Waals surface area contributed by atoms with Crippen LogP contribution < -0.4 is 5.32 Å². The van der Waals surface area contributed by atoms with Crippen molar-refractivity contribution in [1.82, 2.24) is 0 Å². The van der Waals surface area contributed by atoms with Crippen LogP contribution >= 0.6 is 11.6 Å². The molecule has 0 atom stereocenters. The highest BCUT2D eigenvalue weighted by molar-refractivity contribution is 6.33. The third kappa shape index (κ3) is 4.26. The van der Waals surface area contributed by atoms with E-state index >= 15 is 0 Å². The third-order valence-corrected chi connectivity index (χ3v) is 4.19. The number of benzene rings is 3. The van der Waals surface area contributed by atoms with E-state index in [9.17, 15) is 14.9 Å². The fraction of sp³-hybridized carbons (Fsp3) is 0.0500. The number of halogens is 1. The van der Waals surface area contributed by atoms with Gasteiger partial charge in [-0.2, -0.15) is 0 Å². The van der Waals surface area contributed by atoms with E-state index in [0.29, 0.717) is 0 Å². The predicted molar refractivity (Wildman–Crippen MR) is 102 cm³/mol.